The van der Waals surface area contributed by atoms with Crippen molar-refractivity contribution in [1.82, 2.24) is 14.5 Å². The Morgan fingerprint density at radius 1 is 1.06 bits per heavy atom. The Labute approximate surface area is 191 Å². The highest BCUT2D eigenvalue weighted by atomic mass is 16.3. The molecule has 0 bridgehead atoms. The van der Waals surface area contributed by atoms with Gasteiger partial charge in [-0.05, 0) is 55.4 Å². The molecule has 9 nitrogen and oxygen atoms in total. The van der Waals surface area contributed by atoms with Crippen LogP contribution in [0.25, 0.3) is 11.0 Å². The molecule has 1 aromatic carbocycles. The molecule has 0 saturated heterocycles. The van der Waals surface area contributed by atoms with Crippen molar-refractivity contribution in [2.45, 2.75) is 56.8 Å². The van der Waals surface area contributed by atoms with E-state index in [9.17, 15) is 10.2 Å². The first-order valence-electron chi connectivity index (χ1n) is 11.7. The van der Waals surface area contributed by atoms with Crippen LogP contribution < -0.4 is 16.8 Å². The maximum absolute atomic E-state index is 11.0. The lowest BCUT2D eigenvalue weighted by Gasteiger charge is -2.21. The SMILES string of the molecule is NC1=Nc2cc(NC[C@H]3C[C@@H](n4c5c(c6c(N)ncnc64)CCC5)[C@H](O)[C@@H]3O)ccc2CC1. The number of aromatic nitrogens is 3. The lowest BCUT2D eigenvalue weighted by molar-refractivity contribution is 0.00854. The molecule has 9 heteroatoms. The number of amidine groups is 1. The maximum Gasteiger partial charge on any atom is 0.146 e. The van der Waals surface area contributed by atoms with Crippen LogP contribution in [0.5, 0.6) is 0 Å². The van der Waals surface area contributed by atoms with Crippen molar-refractivity contribution in [2.24, 2.45) is 16.6 Å². The molecule has 0 amide bonds. The van der Waals surface area contributed by atoms with E-state index in [1.807, 2.05) is 12.1 Å². The molecule has 6 rings (SSSR count). The van der Waals surface area contributed by atoms with Crippen LogP contribution >= 0.6 is 0 Å². The van der Waals surface area contributed by atoms with Gasteiger partial charge in [-0.25, -0.2) is 15.0 Å². The highest BCUT2D eigenvalue weighted by Crippen LogP contribution is 2.43. The summed E-state index contributed by atoms with van der Waals surface area (Å²) in [6.45, 7) is 0.547. The molecule has 1 fully saturated rings. The number of hydrogen-bond acceptors (Lipinski definition) is 8. The highest BCUT2D eigenvalue weighted by molar-refractivity contribution is 5.91. The number of aliphatic hydroxyl groups is 2. The summed E-state index contributed by atoms with van der Waals surface area (Å²) in [4.78, 5) is 13.2. The Bertz CT molecular complexity index is 1270. The number of fused-ring (bicyclic) bond motifs is 4. The molecule has 0 unspecified atom stereocenters. The number of anilines is 2. The molecule has 0 radical (unpaired) electrons. The summed E-state index contributed by atoms with van der Waals surface area (Å²) in [7, 11) is 0. The van der Waals surface area contributed by atoms with Gasteiger partial charge in [-0.2, -0.15) is 0 Å². The molecule has 1 saturated carbocycles. The molecule has 3 aliphatic rings. The van der Waals surface area contributed by atoms with E-state index >= 15 is 0 Å². The van der Waals surface area contributed by atoms with Gasteiger partial charge in [0.1, 0.15) is 23.9 Å². The van der Waals surface area contributed by atoms with E-state index in [1.54, 1.807) is 0 Å². The largest absolute Gasteiger partial charge is 0.390 e. The van der Waals surface area contributed by atoms with Crippen molar-refractivity contribution in [3.63, 3.8) is 0 Å². The predicted octanol–water partition coefficient (Wildman–Crippen LogP) is 1.83. The second kappa shape index (κ2) is 7.71. The van der Waals surface area contributed by atoms with Gasteiger partial charge in [0.15, 0.2) is 0 Å². The summed E-state index contributed by atoms with van der Waals surface area (Å²) >= 11 is 0. The smallest absolute Gasteiger partial charge is 0.146 e. The molecule has 2 aromatic heterocycles. The van der Waals surface area contributed by atoms with Gasteiger partial charge in [-0.3, -0.25) is 0 Å². The number of nitrogens with two attached hydrogens (primary N) is 2. The van der Waals surface area contributed by atoms with Gasteiger partial charge in [0.25, 0.3) is 0 Å². The number of nitrogens with zero attached hydrogens (tertiary/aromatic N) is 4. The number of nitrogen functional groups attached to an aromatic ring is 1. The van der Waals surface area contributed by atoms with Crippen molar-refractivity contribution in [2.75, 3.05) is 17.6 Å². The second-order valence-electron chi connectivity index (χ2n) is 9.48. The molecule has 0 spiro atoms. The summed E-state index contributed by atoms with van der Waals surface area (Å²) in [5, 5.41) is 26.3. The van der Waals surface area contributed by atoms with Crippen molar-refractivity contribution < 1.29 is 10.2 Å². The fraction of sp³-hybridized carbons (Fsp3) is 0.458. The molecule has 1 aliphatic heterocycles. The summed E-state index contributed by atoms with van der Waals surface area (Å²) in [5.41, 5.74) is 18.3. The van der Waals surface area contributed by atoms with Gasteiger partial charge in [0, 0.05) is 30.3 Å². The number of hydrogen-bond donors (Lipinski definition) is 5. The molecule has 3 heterocycles. The fourth-order valence-corrected chi connectivity index (χ4v) is 5.88. The molecule has 33 heavy (non-hydrogen) atoms. The van der Waals surface area contributed by atoms with Crippen molar-refractivity contribution in [3.05, 3.63) is 41.3 Å². The summed E-state index contributed by atoms with van der Waals surface area (Å²) in [6, 6.07) is 5.87. The van der Waals surface area contributed by atoms with Gasteiger partial charge >= 0.3 is 0 Å². The quantitative estimate of drug-likeness (QED) is 0.410. The number of nitrogens with one attached hydrogen (secondary N) is 1. The van der Waals surface area contributed by atoms with Crippen LogP contribution in [-0.2, 0) is 19.3 Å². The topological polar surface area (TPSA) is 148 Å². The molecular weight excluding hydrogens is 418 g/mol. The number of aryl methyl sites for hydroxylation is 2. The van der Waals surface area contributed by atoms with Crippen LogP contribution in [0.4, 0.5) is 17.2 Å². The first-order valence-corrected chi connectivity index (χ1v) is 11.7. The number of rotatable bonds is 4. The lowest BCUT2D eigenvalue weighted by Crippen LogP contribution is -2.32. The molecule has 172 valence electrons. The standard InChI is InChI=1S/C24H29N7O2/c25-19-7-5-12-4-6-14(9-16(12)30-19)27-10-13-8-18(22(33)21(13)32)31-17-3-1-2-15(17)20-23(26)28-11-29-24(20)31/h4,6,9,11,13,18,21-22,27,32-33H,1-3,5,7-8,10H2,(H2,25,30)(H2,26,28,29)/t13-,18-,21-,22+/m1/s1. The third-order valence-electron chi connectivity index (χ3n) is 7.54. The molecule has 7 N–H and O–H groups in total. The van der Waals surface area contributed by atoms with Crippen LogP contribution in [0.15, 0.2) is 29.5 Å². The monoisotopic (exact) mass is 447 g/mol. The van der Waals surface area contributed by atoms with Gasteiger partial charge in [0.05, 0.1) is 29.1 Å². The predicted molar refractivity (Wildman–Crippen MR) is 128 cm³/mol. The van der Waals surface area contributed by atoms with Crippen molar-refractivity contribution in [3.8, 4) is 0 Å². The van der Waals surface area contributed by atoms with E-state index < -0.39 is 12.2 Å². The van der Waals surface area contributed by atoms with E-state index in [4.69, 9.17) is 11.5 Å². The zero-order chi connectivity index (χ0) is 22.7. The molecular formula is C24H29N7O2. The van der Waals surface area contributed by atoms with E-state index in [0.717, 1.165) is 54.5 Å². The van der Waals surface area contributed by atoms with Crippen LogP contribution in [0, 0.1) is 5.92 Å². The minimum absolute atomic E-state index is 0.108. The molecule has 2 aliphatic carbocycles. The van der Waals surface area contributed by atoms with Crippen molar-refractivity contribution in [1.29, 1.82) is 0 Å². The van der Waals surface area contributed by atoms with Crippen LogP contribution in [-0.4, -0.2) is 49.3 Å². The molecule has 4 atom stereocenters. The normalized spacial score (nSPS) is 26.3. The third-order valence-corrected chi connectivity index (χ3v) is 7.54. The maximum atomic E-state index is 11.0. The average Bonchev–Trinajstić information content (AvgIpc) is 3.46. The second-order valence-corrected chi connectivity index (χ2v) is 9.48. The van der Waals surface area contributed by atoms with E-state index in [1.165, 1.54) is 23.1 Å². The number of aliphatic imine (C=N–C) groups is 1. The fourth-order valence-electron chi connectivity index (χ4n) is 5.88. The van der Waals surface area contributed by atoms with Gasteiger partial charge in [-0.15, -0.1) is 0 Å². The molecule has 3 aromatic rings. The van der Waals surface area contributed by atoms with Crippen molar-refractivity contribution >= 4 is 34.1 Å². The van der Waals surface area contributed by atoms with Gasteiger partial charge in [-0.1, -0.05) is 6.07 Å². The van der Waals surface area contributed by atoms with E-state index in [2.05, 4.69) is 30.9 Å². The van der Waals surface area contributed by atoms with Crippen LogP contribution in [0.3, 0.4) is 0 Å². The Hall–Kier alpha value is -3.17. The summed E-state index contributed by atoms with van der Waals surface area (Å²) < 4.78 is 2.12. The minimum atomic E-state index is -0.874. The van der Waals surface area contributed by atoms with Gasteiger partial charge < -0.3 is 31.6 Å². The first kappa shape index (κ1) is 20.4. The minimum Gasteiger partial charge on any atom is -0.390 e. The zero-order valence-electron chi connectivity index (χ0n) is 18.4. The Morgan fingerprint density at radius 2 is 1.94 bits per heavy atom. The lowest BCUT2D eigenvalue weighted by atomic mass is 10.0. The first-order chi connectivity index (χ1) is 16.0. The highest BCUT2D eigenvalue weighted by Gasteiger charge is 2.44. The number of benzene rings is 1. The van der Waals surface area contributed by atoms with Crippen LogP contribution in [0.2, 0.25) is 0 Å². The Morgan fingerprint density at radius 3 is 2.82 bits per heavy atom. The summed E-state index contributed by atoms with van der Waals surface area (Å²) in [5.74, 6) is 1.04. The van der Waals surface area contributed by atoms with Crippen LogP contribution in [0.1, 0.15) is 42.1 Å². The Kier molecular flexibility index (Phi) is 4.77. The van der Waals surface area contributed by atoms with E-state index in [0.29, 0.717) is 24.6 Å². The zero-order valence-corrected chi connectivity index (χ0v) is 18.4. The number of aliphatic hydroxyl groups excluding tert-OH is 2. The summed E-state index contributed by atoms with van der Waals surface area (Å²) in [6.07, 6.45) is 5.03. The van der Waals surface area contributed by atoms with E-state index in [-0.39, 0.29) is 12.0 Å². The third kappa shape index (κ3) is 3.26. The Balaban J connectivity index is 1.25. The average molecular weight is 448 g/mol. The van der Waals surface area contributed by atoms with Gasteiger partial charge in [0.2, 0.25) is 0 Å².